The highest BCUT2D eigenvalue weighted by Gasteiger charge is 2.16. The van der Waals surface area contributed by atoms with Gasteiger partial charge < -0.3 is 14.6 Å². The molecule has 1 aliphatic heterocycles. The standard InChI is InChI=1S/C29H29NO4S.ClH/c1-20(31)27-13-14-28(35-27)26-11-5-21-19-22(32)6-12-25(21)29(26)34-24-9-7-23(8-10-24)33-18-17-30-15-3-2-4-16-30;/h5-14,19,32H,2-4,15-18H2,1H3;1H. The minimum Gasteiger partial charge on any atom is -0.508 e. The summed E-state index contributed by atoms with van der Waals surface area (Å²) in [6, 6.07) is 20.7. The number of benzene rings is 3. The van der Waals surface area contributed by atoms with Crippen LogP contribution in [0.25, 0.3) is 21.2 Å². The summed E-state index contributed by atoms with van der Waals surface area (Å²) >= 11 is 1.45. The predicted molar refractivity (Wildman–Crippen MR) is 148 cm³/mol. The highest BCUT2D eigenvalue weighted by Crippen LogP contribution is 2.43. The number of halogens is 1. The molecule has 1 saturated heterocycles. The number of piperidine rings is 1. The number of carbonyl (C=O) groups is 1. The van der Waals surface area contributed by atoms with Crippen molar-refractivity contribution in [2.75, 3.05) is 26.2 Å². The van der Waals surface area contributed by atoms with Gasteiger partial charge in [-0.3, -0.25) is 9.69 Å². The van der Waals surface area contributed by atoms with E-state index in [-0.39, 0.29) is 23.9 Å². The first-order chi connectivity index (χ1) is 17.1. The predicted octanol–water partition coefficient (Wildman–Crippen LogP) is 7.56. The van der Waals surface area contributed by atoms with E-state index < -0.39 is 0 Å². The smallest absolute Gasteiger partial charge is 0.169 e. The van der Waals surface area contributed by atoms with Gasteiger partial charge in [0.05, 0.1) is 4.88 Å². The molecule has 0 radical (unpaired) electrons. The van der Waals surface area contributed by atoms with Crippen LogP contribution in [0.1, 0.15) is 35.9 Å². The third-order valence-corrected chi connectivity index (χ3v) is 7.56. The maximum atomic E-state index is 11.8. The van der Waals surface area contributed by atoms with Gasteiger partial charge in [0.2, 0.25) is 0 Å². The van der Waals surface area contributed by atoms with Crippen molar-refractivity contribution in [3.8, 4) is 33.4 Å². The fourth-order valence-corrected chi connectivity index (χ4v) is 5.39. The molecule has 1 fully saturated rings. The lowest BCUT2D eigenvalue weighted by atomic mass is 10.0. The number of phenolic OH excluding ortho intramolecular Hbond substituents is 1. The van der Waals surface area contributed by atoms with Crippen molar-refractivity contribution >= 4 is 40.3 Å². The number of fused-ring (bicyclic) bond motifs is 1. The van der Waals surface area contributed by atoms with Crippen LogP contribution >= 0.6 is 23.7 Å². The van der Waals surface area contributed by atoms with E-state index >= 15 is 0 Å². The summed E-state index contributed by atoms with van der Waals surface area (Å²) in [5, 5.41) is 11.7. The van der Waals surface area contributed by atoms with Gasteiger partial charge in [-0.1, -0.05) is 12.5 Å². The average Bonchev–Trinajstić information content (AvgIpc) is 3.36. The van der Waals surface area contributed by atoms with Crippen molar-refractivity contribution in [1.82, 2.24) is 4.90 Å². The summed E-state index contributed by atoms with van der Waals surface area (Å²) in [4.78, 5) is 16.0. The summed E-state index contributed by atoms with van der Waals surface area (Å²) in [6.45, 7) is 5.53. The summed E-state index contributed by atoms with van der Waals surface area (Å²) in [5.74, 6) is 2.46. The normalized spacial score (nSPS) is 13.8. The Morgan fingerprint density at radius 2 is 1.69 bits per heavy atom. The fraction of sp³-hybridized carbons (Fsp3) is 0.276. The molecule has 36 heavy (non-hydrogen) atoms. The Balaban J connectivity index is 0.00000304. The van der Waals surface area contributed by atoms with Crippen LogP contribution in [0, 0.1) is 0 Å². The Labute approximate surface area is 221 Å². The second kappa shape index (κ2) is 11.8. The number of ether oxygens (including phenoxy) is 2. The van der Waals surface area contributed by atoms with Crippen LogP contribution < -0.4 is 9.47 Å². The summed E-state index contributed by atoms with van der Waals surface area (Å²) in [5.41, 5.74) is 0.905. The molecule has 7 heteroatoms. The van der Waals surface area contributed by atoms with E-state index in [2.05, 4.69) is 4.90 Å². The number of likely N-dealkylation sites (tertiary alicyclic amines) is 1. The van der Waals surface area contributed by atoms with Gasteiger partial charge in [0, 0.05) is 22.4 Å². The molecule has 0 aliphatic carbocycles. The minimum absolute atomic E-state index is 0. The van der Waals surface area contributed by atoms with Crippen molar-refractivity contribution < 1.29 is 19.4 Å². The molecule has 1 N–H and O–H groups in total. The largest absolute Gasteiger partial charge is 0.508 e. The van der Waals surface area contributed by atoms with Crippen LogP contribution in [0.4, 0.5) is 0 Å². The number of rotatable bonds is 8. The quantitative estimate of drug-likeness (QED) is 0.241. The maximum Gasteiger partial charge on any atom is 0.169 e. The number of Topliss-reactive ketones (excluding diaryl/α,β-unsaturated/α-hetero) is 1. The highest BCUT2D eigenvalue weighted by atomic mass is 35.5. The summed E-state index contributed by atoms with van der Waals surface area (Å²) < 4.78 is 12.4. The van der Waals surface area contributed by atoms with Crippen molar-refractivity contribution in [2.45, 2.75) is 26.2 Å². The Kier molecular flexibility index (Phi) is 8.52. The third-order valence-electron chi connectivity index (χ3n) is 6.34. The lowest BCUT2D eigenvalue weighted by Gasteiger charge is -2.26. The van der Waals surface area contributed by atoms with Crippen molar-refractivity contribution in [1.29, 1.82) is 0 Å². The molecule has 0 unspecified atom stereocenters. The van der Waals surface area contributed by atoms with Crippen LogP contribution in [0.2, 0.25) is 0 Å². The van der Waals surface area contributed by atoms with E-state index in [0.717, 1.165) is 33.5 Å². The van der Waals surface area contributed by atoms with E-state index in [9.17, 15) is 9.90 Å². The SMILES string of the molecule is CC(=O)c1ccc(-c2ccc3cc(O)ccc3c2Oc2ccc(OCCN3CCCCC3)cc2)s1.Cl. The van der Waals surface area contributed by atoms with Crippen molar-refractivity contribution in [2.24, 2.45) is 0 Å². The zero-order valence-electron chi connectivity index (χ0n) is 20.2. The number of thiophene rings is 1. The first-order valence-corrected chi connectivity index (χ1v) is 12.9. The van der Waals surface area contributed by atoms with Crippen LogP contribution in [-0.2, 0) is 0 Å². The number of hydrogen-bond donors (Lipinski definition) is 1. The summed E-state index contributed by atoms with van der Waals surface area (Å²) in [6.07, 6.45) is 3.90. The van der Waals surface area contributed by atoms with Gasteiger partial charge in [0.1, 0.15) is 29.6 Å². The van der Waals surface area contributed by atoms with E-state index in [0.29, 0.717) is 23.0 Å². The molecule has 3 aromatic carbocycles. The molecule has 1 aliphatic rings. The Hall–Kier alpha value is -3.06. The van der Waals surface area contributed by atoms with Gasteiger partial charge in [-0.25, -0.2) is 0 Å². The molecule has 2 heterocycles. The molecular weight excluding hydrogens is 494 g/mol. The second-order valence-electron chi connectivity index (χ2n) is 8.89. The van der Waals surface area contributed by atoms with Gasteiger partial charge in [0.15, 0.2) is 5.78 Å². The lowest BCUT2D eigenvalue weighted by Crippen LogP contribution is -2.33. The Bertz CT molecular complexity index is 1330. The molecule has 188 valence electrons. The molecule has 0 saturated carbocycles. The van der Waals surface area contributed by atoms with E-state index in [1.165, 1.54) is 43.7 Å². The van der Waals surface area contributed by atoms with Crippen LogP contribution in [-0.4, -0.2) is 42.0 Å². The molecule has 5 rings (SSSR count). The first-order valence-electron chi connectivity index (χ1n) is 12.1. The topological polar surface area (TPSA) is 59.0 Å². The maximum absolute atomic E-state index is 11.8. The molecule has 1 aromatic heterocycles. The van der Waals surface area contributed by atoms with Crippen LogP contribution in [0.3, 0.4) is 0 Å². The van der Waals surface area contributed by atoms with Crippen molar-refractivity contribution in [3.63, 3.8) is 0 Å². The third kappa shape index (κ3) is 6.01. The molecule has 0 atom stereocenters. The van der Waals surface area contributed by atoms with Crippen LogP contribution in [0.5, 0.6) is 23.0 Å². The second-order valence-corrected chi connectivity index (χ2v) is 9.98. The number of ketones is 1. The Morgan fingerprint density at radius 3 is 2.42 bits per heavy atom. The number of carbonyl (C=O) groups excluding carboxylic acids is 1. The van der Waals surface area contributed by atoms with E-state index in [1.54, 1.807) is 19.1 Å². The van der Waals surface area contributed by atoms with Gasteiger partial charge in [-0.05, 0) is 98.9 Å². The zero-order valence-corrected chi connectivity index (χ0v) is 21.9. The number of hydrogen-bond acceptors (Lipinski definition) is 6. The Morgan fingerprint density at radius 1 is 0.944 bits per heavy atom. The van der Waals surface area contributed by atoms with Gasteiger partial charge in [-0.15, -0.1) is 23.7 Å². The van der Waals surface area contributed by atoms with Crippen LogP contribution in [0.15, 0.2) is 66.7 Å². The lowest BCUT2D eigenvalue weighted by molar-refractivity contribution is 0.102. The van der Waals surface area contributed by atoms with Gasteiger partial charge in [0.25, 0.3) is 0 Å². The van der Waals surface area contributed by atoms with E-state index in [4.69, 9.17) is 9.47 Å². The fourth-order valence-electron chi connectivity index (χ4n) is 4.46. The molecule has 0 amide bonds. The number of nitrogens with zero attached hydrogens (tertiary/aromatic N) is 1. The number of aromatic hydroxyl groups is 1. The average molecular weight is 524 g/mol. The van der Waals surface area contributed by atoms with E-state index in [1.807, 2.05) is 54.6 Å². The zero-order chi connectivity index (χ0) is 24.2. The molecule has 0 bridgehead atoms. The van der Waals surface area contributed by atoms with Crippen molar-refractivity contribution in [3.05, 3.63) is 71.6 Å². The summed E-state index contributed by atoms with van der Waals surface area (Å²) in [7, 11) is 0. The monoisotopic (exact) mass is 523 g/mol. The molecule has 0 spiro atoms. The number of phenols is 1. The van der Waals surface area contributed by atoms with Gasteiger partial charge in [-0.2, -0.15) is 0 Å². The van der Waals surface area contributed by atoms with Gasteiger partial charge >= 0.3 is 0 Å². The minimum atomic E-state index is 0. The molecule has 5 nitrogen and oxygen atoms in total. The first kappa shape index (κ1) is 26.0. The highest BCUT2D eigenvalue weighted by molar-refractivity contribution is 7.17. The molecular formula is C29H30ClNO4S. The molecule has 4 aromatic rings.